The minimum atomic E-state index is 0.710. The summed E-state index contributed by atoms with van der Waals surface area (Å²) in [4.78, 5) is 7.69. The number of rotatable bonds is 4. The zero-order valence-electron chi connectivity index (χ0n) is 13.2. The third-order valence-corrected chi connectivity index (χ3v) is 4.90. The molecule has 0 aliphatic carbocycles. The molecule has 2 aliphatic heterocycles. The highest BCUT2D eigenvalue weighted by molar-refractivity contribution is 4.87. The van der Waals surface area contributed by atoms with Crippen LogP contribution in [0.2, 0.25) is 0 Å². The number of nitrogens with one attached hydrogen (secondary N) is 1. The van der Waals surface area contributed by atoms with Crippen molar-refractivity contribution in [3.05, 3.63) is 0 Å². The molecule has 0 saturated carbocycles. The van der Waals surface area contributed by atoms with Gasteiger partial charge in [0.1, 0.15) is 0 Å². The second-order valence-electron chi connectivity index (χ2n) is 6.59. The van der Waals surface area contributed by atoms with E-state index in [2.05, 4.69) is 48.0 Å². The summed E-state index contributed by atoms with van der Waals surface area (Å²) in [6, 6.07) is 1.44. The highest BCUT2D eigenvalue weighted by Crippen LogP contribution is 2.18. The van der Waals surface area contributed by atoms with Crippen LogP contribution in [0.3, 0.4) is 0 Å². The molecule has 0 bridgehead atoms. The van der Waals surface area contributed by atoms with Crippen molar-refractivity contribution in [3.63, 3.8) is 0 Å². The average Bonchev–Trinajstić information content (AvgIpc) is 2.37. The normalized spacial score (nSPS) is 35.7. The molecule has 0 radical (unpaired) electrons. The smallest absolute Gasteiger partial charge is 0.0347 e. The topological polar surface area (TPSA) is 21.8 Å². The van der Waals surface area contributed by atoms with E-state index in [9.17, 15) is 0 Å². The van der Waals surface area contributed by atoms with E-state index in [4.69, 9.17) is 0 Å². The van der Waals surface area contributed by atoms with Crippen LogP contribution in [0.5, 0.6) is 0 Å². The van der Waals surface area contributed by atoms with E-state index in [1.165, 1.54) is 45.7 Å². The number of nitrogens with zero attached hydrogens (tertiary/aromatic N) is 3. The van der Waals surface area contributed by atoms with E-state index < -0.39 is 0 Å². The molecule has 3 atom stereocenters. The lowest BCUT2D eigenvalue weighted by molar-refractivity contribution is 0.0612. The molecule has 0 spiro atoms. The van der Waals surface area contributed by atoms with Gasteiger partial charge in [0.05, 0.1) is 0 Å². The summed E-state index contributed by atoms with van der Waals surface area (Å²) >= 11 is 0. The summed E-state index contributed by atoms with van der Waals surface area (Å²) in [5, 5.41) is 3.63. The number of likely N-dealkylation sites (tertiary alicyclic amines) is 1. The van der Waals surface area contributed by atoms with Crippen LogP contribution >= 0.6 is 0 Å². The fourth-order valence-electron chi connectivity index (χ4n) is 3.56. The van der Waals surface area contributed by atoms with Gasteiger partial charge in [0, 0.05) is 44.8 Å². The summed E-state index contributed by atoms with van der Waals surface area (Å²) in [5.74, 6) is 0.778. The number of hydrogen-bond donors (Lipinski definition) is 1. The van der Waals surface area contributed by atoms with Crippen LogP contribution in [-0.4, -0.2) is 86.7 Å². The van der Waals surface area contributed by atoms with Gasteiger partial charge in [0.15, 0.2) is 0 Å². The predicted octanol–water partition coefficient (Wildman–Crippen LogP) is 0.552. The van der Waals surface area contributed by atoms with Crippen molar-refractivity contribution in [1.29, 1.82) is 0 Å². The maximum atomic E-state index is 3.63. The molecule has 112 valence electrons. The minimum absolute atomic E-state index is 0.710. The van der Waals surface area contributed by atoms with E-state index in [1.54, 1.807) is 0 Å². The molecule has 3 unspecified atom stereocenters. The van der Waals surface area contributed by atoms with E-state index >= 15 is 0 Å². The summed E-state index contributed by atoms with van der Waals surface area (Å²) in [6.07, 6.45) is 1.31. The largest absolute Gasteiger partial charge is 0.314 e. The fraction of sp³-hybridized carbons (Fsp3) is 1.00. The predicted molar refractivity (Wildman–Crippen MR) is 81.6 cm³/mol. The van der Waals surface area contributed by atoms with Crippen molar-refractivity contribution in [2.24, 2.45) is 5.92 Å². The van der Waals surface area contributed by atoms with Crippen LogP contribution < -0.4 is 5.32 Å². The second-order valence-corrected chi connectivity index (χ2v) is 6.59. The van der Waals surface area contributed by atoms with Gasteiger partial charge in [-0.15, -0.1) is 0 Å². The molecule has 4 nitrogen and oxygen atoms in total. The number of hydrogen-bond acceptors (Lipinski definition) is 4. The van der Waals surface area contributed by atoms with E-state index in [0.717, 1.165) is 18.5 Å². The number of piperidine rings is 1. The van der Waals surface area contributed by atoms with Crippen molar-refractivity contribution in [2.45, 2.75) is 32.4 Å². The zero-order valence-corrected chi connectivity index (χ0v) is 13.2. The lowest BCUT2D eigenvalue weighted by Gasteiger charge is -2.43. The van der Waals surface area contributed by atoms with E-state index in [1.807, 2.05) is 0 Å². The Labute approximate surface area is 119 Å². The summed E-state index contributed by atoms with van der Waals surface area (Å²) in [7, 11) is 4.53. The average molecular weight is 268 g/mol. The maximum Gasteiger partial charge on any atom is 0.0347 e. The first-order chi connectivity index (χ1) is 9.10. The molecule has 19 heavy (non-hydrogen) atoms. The van der Waals surface area contributed by atoms with Crippen molar-refractivity contribution < 1.29 is 0 Å². The molecular formula is C15H32N4. The van der Waals surface area contributed by atoms with Crippen LogP contribution in [-0.2, 0) is 0 Å². The van der Waals surface area contributed by atoms with Gasteiger partial charge in [-0.1, -0.05) is 13.8 Å². The monoisotopic (exact) mass is 268 g/mol. The van der Waals surface area contributed by atoms with Crippen LogP contribution in [0.15, 0.2) is 0 Å². The van der Waals surface area contributed by atoms with Crippen molar-refractivity contribution >= 4 is 0 Å². The lowest BCUT2D eigenvalue weighted by atomic mass is 9.93. The Morgan fingerprint density at radius 3 is 2.58 bits per heavy atom. The highest BCUT2D eigenvalue weighted by atomic mass is 15.3. The fourth-order valence-corrected chi connectivity index (χ4v) is 3.56. The Bertz CT molecular complexity index is 271. The molecular weight excluding hydrogens is 236 g/mol. The first-order valence-corrected chi connectivity index (χ1v) is 7.94. The minimum Gasteiger partial charge on any atom is -0.314 e. The zero-order chi connectivity index (χ0) is 13.8. The molecule has 2 fully saturated rings. The van der Waals surface area contributed by atoms with Gasteiger partial charge in [-0.3, -0.25) is 4.90 Å². The quantitative estimate of drug-likeness (QED) is 0.804. The van der Waals surface area contributed by atoms with Crippen molar-refractivity contribution in [3.8, 4) is 0 Å². The number of piperazine rings is 1. The molecule has 2 rings (SSSR count). The first kappa shape index (κ1) is 15.2. The Morgan fingerprint density at radius 1 is 1.11 bits per heavy atom. The van der Waals surface area contributed by atoms with Crippen molar-refractivity contribution in [2.75, 3.05) is 59.9 Å². The first-order valence-electron chi connectivity index (χ1n) is 7.94. The Morgan fingerprint density at radius 2 is 1.89 bits per heavy atom. The lowest BCUT2D eigenvalue weighted by Crippen LogP contribution is -2.57. The molecule has 1 N–H and O–H groups in total. The van der Waals surface area contributed by atoms with Gasteiger partial charge in [0.2, 0.25) is 0 Å². The molecule has 0 aromatic rings. The summed E-state index contributed by atoms with van der Waals surface area (Å²) in [6.45, 7) is 13.1. The molecule has 2 heterocycles. The van der Waals surface area contributed by atoms with Gasteiger partial charge >= 0.3 is 0 Å². The molecule has 0 aromatic heterocycles. The van der Waals surface area contributed by atoms with Crippen LogP contribution in [0.25, 0.3) is 0 Å². The Kier molecular flexibility index (Phi) is 5.63. The van der Waals surface area contributed by atoms with E-state index in [0.29, 0.717) is 6.04 Å². The van der Waals surface area contributed by atoms with Gasteiger partial charge in [-0.25, -0.2) is 0 Å². The molecule has 4 heteroatoms. The summed E-state index contributed by atoms with van der Waals surface area (Å²) < 4.78 is 0. The maximum absolute atomic E-state index is 3.63. The Hall–Kier alpha value is -0.160. The third-order valence-electron chi connectivity index (χ3n) is 4.90. The molecule has 0 aromatic carbocycles. The van der Waals surface area contributed by atoms with Crippen LogP contribution in [0.4, 0.5) is 0 Å². The summed E-state index contributed by atoms with van der Waals surface area (Å²) in [5.41, 5.74) is 0. The number of likely N-dealkylation sites (N-methyl/N-ethyl adjacent to an activating group) is 2. The molecule has 0 amide bonds. The highest BCUT2D eigenvalue weighted by Gasteiger charge is 2.29. The van der Waals surface area contributed by atoms with Crippen molar-refractivity contribution in [1.82, 2.24) is 20.0 Å². The SMILES string of the molecule is CCNC1CCN(CC2CN(C)CCN2C)CC1C. The third kappa shape index (κ3) is 4.15. The van der Waals surface area contributed by atoms with Gasteiger partial charge in [-0.05, 0) is 39.5 Å². The second kappa shape index (κ2) is 7.02. The van der Waals surface area contributed by atoms with Crippen LogP contribution in [0, 0.1) is 5.92 Å². The molecule has 2 saturated heterocycles. The van der Waals surface area contributed by atoms with E-state index in [-0.39, 0.29) is 0 Å². The van der Waals surface area contributed by atoms with Gasteiger partial charge in [-0.2, -0.15) is 0 Å². The van der Waals surface area contributed by atoms with Crippen LogP contribution in [0.1, 0.15) is 20.3 Å². The standard InChI is InChI=1S/C15H32N4/c1-5-16-15-6-7-19(10-13(15)2)12-14-11-17(3)8-9-18(14)4/h13-16H,5-12H2,1-4H3. The van der Waals surface area contributed by atoms with Gasteiger partial charge < -0.3 is 15.1 Å². The molecule has 2 aliphatic rings. The Balaban J connectivity index is 1.80. The van der Waals surface area contributed by atoms with Gasteiger partial charge in [0.25, 0.3) is 0 Å².